The Kier molecular flexibility index (Phi) is 6.12. The van der Waals surface area contributed by atoms with Crippen molar-refractivity contribution in [3.63, 3.8) is 0 Å². The molecule has 1 aromatic carbocycles. The van der Waals surface area contributed by atoms with Gasteiger partial charge in [0.15, 0.2) is 0 Å². The lowest BCUT2D eigenvalue weighted by atomic mass is 9.79. The number of rotatable bonds is 2. The van der Waals surface area contributed by atoms with E-state index in [0.29, 0.717) is 16.3 Å². The molecule has 1 amide bonds. The number of pyridine rings is 1. The molecule has 156 valence electrons. The van der Waals surface area contributed by atoms with Crippen LogP contribution in [0.15, 0.2) is 23.1 Å². The number of phenolic OH excluding ortho intramolecular Hbond substituents is 1. The molecule has 1 heterocycles. The Labute approximate surface area is 172 Å². The molecule has 0 saturated heterocycles. The van der Waals surface area contributed by atoms with Crippen LogP contribution in [0.3, 0.4) is 0 Å². The highest BCUT2D eigenvalue weighted by molar-refractivity contribution is 6.04. The van der Waals surface area contributed by atoms with Gasteiger partial charge in [0.2, 0.25) is 5.43 Å². The summed E-state index contributed by atoms with van der Waals surface area (Å²) in [4.78, 5) is 28.7. The van der Waals surface area contributed by atoms with Crippen LogP contribution in [-0.2, 0) is 10.8 Å². The van der Waals surface area contributed by atoms with Crippen LogP contribution in [0.1, 0.15) is 76.9 Å². The molecular formula is C24H32N2O3. The predicted molar refractivity (Wildman–Crippen MR) is 120 cm³/mol. The molecule has 3 N–H and O–H groups in total. The molecule has 5 heteroatoms. The molecule has 0 radical (unpaired) electrons. The maximum Gasteiger partial charge on any atom is 0.261 e. The highest BCUT2D eigenvalue weighted by Gasteiger charge is 2.26. The SMILES string of the molecule is C/C=c1/[nH]cc(C(=O)Nc2cc(O)c(C(C)(C)C)cc2C(C)(C)C)c(=O)/c1=C/C. The number of phenols is 1. The Morgan fingerprint density at radius 1 is 1.00 bits per heavy atom. The Balaban J connectivity index is 2.62. The summed E-state index contributed by atoms with van der Waals surface area (Å²) in [5.41, 5.74) is 1.39. The lowest BCUT2D eigenvalue weighted by Crippen LogP contribution is -2.44. The van der Waals surface area contributed by atoms with Gasteiger partial charge in [0.25, 0.3) is 5.91 Å². The number of carbonyl (C=O) groups is 1. The van der Waals surface area contributed by atoms with Crippen molar-refractivity contribution in [1.82, 2.24) is 4.98 Å². The lowest BCUT2D eigenvalue weighted by molar-refractivity contribution is 0.102. The van der Waals surface area contributed by atoms with Gasteiger partial charge in [0.05, 0.1) is 0 Å². The number of hydrogen-bond donors (Lipinski definition) is 3. The van der Waals surface area contributed by atoms with E-state index in [9.17, 15) is 14.7 Å². The molecule has 1 aromatic heterocycles. The fourth-order valence-electron chi connectivity index (χ4n) is 3.36. The van der Waals surface area contributed by atoms with E-state index in [4.69, 9.17) is 0 Å². The molecule has 0 aliphatic heterocycles. The van der Waals surface area contributed by atoms with Crippen LogP contribution >= 0.6 is 0 Å². The number of H-pyrrole nitrogens is 1. The van der Waals surface area contributed by atoms with Gasteiger partial charge in [-0.1, -0.05) is 53.7 Å². The number of aromatic amines is 1. The summed E-state index contributed by atoms with van der Waals surface area (Å²) < 4.78 is 0. The standard InChI is InChI=1S/C24H32N2O3/c1-9-14-18(10-2)25-13-15(21(14)28)22(29)26-19-12-20(27)17(24(6,7)8)11-16(19)23(3,4)5/h9-13,25,27H,1-8H3,(H,26,29)/b14-9+,18-10+. The van der Waals surface area contributed by atoms with Gasteiger partial charge in [0, 0.05) is 28.5 Å². The summed E-state index contributed by atoms with van der Waals surface area (Å²) in [5.74, 6) is -0.390. The first-order chi connectivity index (χ1) is 13.3. The molecule has 0 unspecified atom stereocenters. The van der Waals surface area contributed by atoms with Crippen LogP contribution in [0.2, 0.25) is 0 Å². The van der Waals surface area contributed by atoms with Crippen molar-refractivity contribution in [2.24, 2.45) is 0 Å². The van der Waals surface area contributed by atoms with Crippen LogP contribution in [0.5, 0.6) is 5.75 Å². The van der Waals surface area contributed by atoms with E-state index in [0.717, 1.165) is 11.1 Å². The molecule has 0 saturated carbocycles. The van der Waals surface area contributed by atoms with Gasteiger partial charge >= 0.3 is 0 Å². The lowest BCUT2D eigenvalue weighted by Gasteiger charge is -2.28. The normalized spacial score (nSPS) is 13.7. The molecular weight excluding hydrogens is 364 g/mol. The summed E-state index contributed by atoms with van der Waals surface area (Å²) in [7, 11) is 0. The van der Waals surface area contributed by atoms with Crippen molar-refractivity contribution >= 4 is 23.7 Å². The molecule has 0 fully saturated rings. The summed E-state index contributed by atoms with van der Waals surface area (Å²) >= 11 is 0. The van der Waals surface area contributed by atoms with Crippen LogP contribution in [0.4, 0.5) is 5.69 Å². The zero-order chi connectivity index (χ0) is 22.1. The van der Waals surface area contributed by atoms with Crippen LogP contribution < -0.4 is 21.3 Å². The van der Waals surface area contributed by atoms with E-state index in [-0.39, 0.29) is 27.6 Å². The van der Waals surface area contributed by atoms with E-state index in [1.165, 1.54) is 6.20 Å². The first-order valence-electron chi connectivity index (χ1n) is 9.85. The van der Waals surface area contributed by atoms with Gasteiger partial charge in [-0.05, 0) is 41.9 Å². The van der Waals surface area contributed by atoms with Gasteiger partial charge < -0.3 is 15.4 Å². The Morgan fingerprint density at radius 2 is 1.59 bits per heavy atom. The van der Waals surface area contributed by atoms with Gasteiger partial charge in [-0.3, -0.25) is 9.59 Å². The molecule has 0 atom stereocenters. The van der Waals surface area contributed by atoms with Crippen LogP contribution in [0.25, 0.3) is 12.2 Å². The third kappa shape index (κ3) is 4.61. The van der Waals surface area contributed by atoms with Crippen molar-refractivity contribution in [3.05, 3.63) is 55.8 Å². The Bertz CT molecular complexity index is 1110. The van der Waals surface area contributed by atoms with E-state index in [2.05, 4.69) is 10.3 Å². The Morgan fingerprint density at radius 3 is 2.07 bits per heavy atom. The van der Waals surface area contributed by atoms with Crippen molar-refractivity contribution in [3.8, 4) is 5.75 Å². The summed E-state index contributed by atoms with van der Waals surface area (Å²) in [5, 5.41) is 14.6. The first kappa shape index (κ1) is 22.5. The molecule has 2 aromatic rings. The second-order valence-electron chi connectivity index (χ2n) is 9.31. The summed E-state index contributed by atoms with van der Waals surface area (Å²) in [6.07, 6.45) is 4.91. The minimum Gasteiger partial charge on any atom is -0.508 e. The van der Waals surface area contributed by atoms with E-state index >= 15 is 0 Å². The molecule has 0 spiro atoms. The second-order valence-corrected chi connectivity index (χ2v) is 9.31. The zero-order valence-corrected chi connectivity index (χ0v) is 18.7. The van der Waals surface area contributed by atoms with E-state index < -0.39 is 5.91 Å². The number of carbonyl (C=O) groups excluding carboxylic acids is 1. The third-order valence-electron chi connectivity index (χ3n) is 4.97. The van der Waals surface area contributed by atoms with Crippen molar-refractivity contribution in [2.75, 3.05) is 5.32 Å². The Hall–Kier alpha value is -2.82. The van der Waals surface area contributed by atoms with Crippen molar-refractivity contribution < 1.29 is 9.90 Å². The van der Waals surface area contributed by atoms with Gasteiger partial charge in [-0.15, -0.1) is 0 Å². The van der Waals surface area contributed by atoms with E-state index in [1.807, 2.05) is 54.5 Å². The number of amides is 1. The molecule has 2 rings (SSSR count). The van der Waals surface area contributed by atoms with Crippen molar-refractivity contribution in [1.29, 1.82) is 0 Å². The van der Waals surface area contributed by atoms with Crippen molar-refractivity contribution in [2.45, 2.75) is 66.2 Å². The smallest absolute Gasteiger partial charge is 0.261 e. The molecule has 0 aliphatic rings. The quantitative estimate of drug-likeness (QED) is 0.726. The highest BCUT2D eigenvalue weighted by atomic mass is 16.3. The third-order valence-corrected chi connectivity index (χ3v) is 4.97. The minimum absolute atomic E-state index is 0.0305. The topological polar surface area (TPSA) is 82.2 Å². The maximum absolute atomic E-state index is 12.9. The molecule has 5 nitrogen and oxygen atoms in total. The molecule has 0 aliphatic carbocycles. The monoisotopic (exact) mass is 396 g/mol. The largest absolute Gasteiger partial charge is 0.508 e. The average molecular weight is 397 g/mol. The average Bonchev–Trinajstić information content (AvgIpc) is 2.58. The number of aromatic hydroxyl groups is 1. The fourth-order valence-corrected chi connectivity index (χ4v) is 3.36. The number of aromatic nitrogens is 1. The highest BCUT2D eigenvalue weighted by Crippen LogP contribution is 2.39. The number of nitrogens with one attached hydrogen (secondary N) is 2. The molecule has 29 heavy (non-hydrogen) atoms. The van der Waals surface area contributed by atoms with Gasteiger partial charge in [-0.25, -0.2) is 0 Å². The second kappa shape index (κ2) is 7.90. The van der Waals surface area contributed by atoms with Crippen LogP contribution in [-0.4, -0.2) is 16.0 Å². The fraction of sp³-hybridized carbons (Fsp3) is 0.417. The van der Waals surface area contributed by atoms with Gasteiger partial charge in [-0.2, -0.15) is 0 Å². The van der Waals surface area contributed by atoms with Gasteiger partial charge in [0.1, 0.15) is 11.3 Å². The molecule has 0 bridgehead atoms. The maximum atomic E-state index is 12.9. The number of anilines is 1. The zero-order valence-electron chi connectivity index (χ0n) is 18.7. The van der Waals surface area contributed by atoms with E-state index in [1.54, 1.807) is 25.1 Å². The summed E-state index contributed by atoms with van der Waals surface area (Å²) in [6, 6.07) is 3.52. The number of benzene rings is 1. The predicted octanol–water partition coefficient (Wildman–Crippen LogP) is 3.53. The first-order valence-corrected chi connectivity index (χ1v) is 9.85. The van der Waals surface area contributed by atoms with Crippen LogP contribution in [0, 0.1) is 0 Å². The number of hydrogen-bond acceptors (Lipinski definition) is 3. The summed E-state index contributed by atoms with van der Waals surface area (Å²) in [6.45, 7) is 15.8. The minimum atomic E-state index is -0.509.